The zero-order valence-corrected chi connectivity index (χ0v) is 11.5. The lowest BCUT2D eigenvalue weighted by Crippen LogP contribution is -2.14. The van der Waals surface area contributed by atoms with Crippen molar-refractivity contribution in [2.75, 3.05) is 11.1 Å². The zero-order chi connectivity index (χ0) is 14.7. The van der Waals surface area contributed by atoms with Gasteiger partial charge in [-0.15, -0.1) is 0 Å². The third-order valence-electron chi connectivity index (χ3n) is 2.85. The molecule has 2 aromatic rings. The van der Waals surface area contributed by atoms with Crippen LogP contribution in [0.3, 0.4) is 0 Å². The number of hydrogen-bond donors (Lipinski definition) is 2. The number of nitrogens with one attached hydrogen (secondary N) is 1. The highest BCUT2D eigenvalue weighted by Gasteiger charge is 2.13. The molecule has 0 atom stereocenters. The summed E-state index contributed by atoms with van der Waals surface area (Å²) in [6, 6.07) is 11.9. The number of amides is 1. The molecule has 0 aliphatic rings. The molecule has 0 aliphatic heterocycles. The molecule has 0 saturated heterocycles. The van der Waals surface area contributed by atoms with Crippen molar-refractivity contribution in [1.29, 1.82) is 5.26 Å². The minimum absolute atomic E-state index is 0.308. The maximum Gasteiger partial charge on any atom is 0.257 e. The first-order valence-electron chi connectivity index (χ1n) is 5.89. The molecule has 0 aliphatic carbocycles. The maximum absolute atomic E-state index is 12.2. The molecule has 0 saturated carbocycles. The van der Waals surface area contributed by atoms with E-state index in [1.54, 1.807) is 24.3 Å². The van der Waals surface area contributed by atoms with E-state index in [0.29, 0.717) is 27.5 Å². The lowest BCUT2D eigenvalue weighted by molar-refractivity contribution is 0.102. The number of aryl methyl sites for hydroxylation is 1. The quantitative estimate of drug-likeness (QED) is 0.831. The molecule has 2 aromatic carbocycles. The largest absolute Gasteiger partial charge is 0.399 e. The molecule has 0 radical (unpaired) electrons. The summed E-state index contributed by atoms with van der Waals surface area (Å²) in [6.07, 6.45) is 0. The number of nitriles is 1. The third-order valence-corrected chi connectivity index (χ3v) is 3.35. The van der Waals surface area contributed by atoms with Crippen LogP contribution in [0, 0.1) is 18.3 Å². The van der Waals surface area contributed by atoms with Crippen LogP contribution in [0.4, 0.5) is 11.4 Å². The maximum atomic E-state index is 12.2. The van der Waals surface area contributed by atoms with Crippen molar-refractivity contribution in [1.82, 2.24) is 0 Å². The number of nitrogen functional groups attached to an aromatic ring is 1. The highest BCUT2D eigenvalue weighted by Crippen LogP contribution is 2.23. The van der Waals surface area contributed by atoms with Crippen molar-refractivity contribution < 1.29 is 4.79 Å². The smallest absolute Gasteiger partial charge is 0.257 e. The molecule has 2 rings (SSSR count). The summed E-state index contributed by atoms with van der Waals surface area (Å²) in [4.78, 5) is 12.2. The Kier molecular flexibility index (Phi) is 3.92. The van der Waals surface area contributed by atoms with Gasteiger partial charge in [0.2, 0.25) is 0 Å². The first-order chi connectivity index (χ1) is 9.52. The molecule has 0 spiro atoms. The Bertz CT molecular complexity index is 720. The zero-order valence-electron chi connectivity index (χ0n) is 10.8. The van der Waals surface area contributed by atoms with Crippen molar-refractivity contribution in [3.05, 3.63) is 58.1 Å². The predicted molar refractivity (Wildman–Crippen MR) is 79.7 cm³/mol. The Morgan fingerprint density at radius 1 is 1.35 bits per heavy atom. The summed E-state index contributed by atoms with van der Waals surface area (Å²) in [5.74, 6) is -0.361. The highest BCUT2D eigenvalue weighted by molar-refractivity contribution is 6.35. The van der Waals surface area contributed by atoms with Gasteiger partial charge in [0, 0.05) is 5.69 Å². The van der Waals surface area contributed by atoms with Crippen LogP contribution in [0.25, 0.3) is 0 Å². The molecule has 100 valence electrons. The van der Waals surface area contributed by atoms with Crippen molar-refractivity contribution >= 4 is 28.9 Å². The first-order valence-corrected chi connectivity index (χ1v) is 6.27. The van der Waals surface area contributed by atoms with Crippen LogP contribution in [-0.2, 0) is 0 Å². The molecule has 20 heavy (non-hydrogen) atoms. The molecule has 0 unspecified atom stereocenters. The van der Waals surface area contributed by atoms with Gasteiger partial charge in [-0.3, -0.25) is 4.79 Å². The van der Waals surface area contributed by atoms with Crippen molar-refractivity contribution in [2.24, 2.45) is 0 Å². The molecule has 1 amide bonds. The second-order valence-electron chi connectivity index (χ2n) is 4.31. The van der Waals surface area contributed by atoms with E-state index < -0.39 is 0 Å². The van der Waals surface area contributed by atoms with E-state index in [0.717, 1.165) is 5.56 Å². The van der Waals surface area contributed by atoms with E-state index >= 15 is 0 Å². The molecule has 0 aromatic heterocycles. The monoisotopic (exact) mass is 285 g/mol. The SMILES string of the molecule is Cc1cccc(C(=O)Nc2ccc(N)cc2C#N)c1Cl. The van der Waals surface area contributed by atoms with E-state index in [-0.39, 0.29) is 5.91 Å². The Balaban J connectivity index is 2.33. The minimum atomic E-state index is -0.361. The number of halogens is 1. The van der Waals surface area contributed by atoms with Gasteiger partial charge in [-0.2, -0.15) is 5.26 Å². The van der Waals surface area contributed by atoms with Gasteiger partial charge >= 0.3 is 0 Å². The Morgan fingerprint density at radius 3 is 2.80 bits per heavy atom. The van der Waals surface area contributed by atoms with Gasteiger partial charge in [0.25, 0.3) is 5.91 Å². The lowest BCUT2D eigenvalue weighted by Gasteiger charge is -2.09. The van der Waals surface area contributed by atoms with Crippen LogP contribution in [0.15, 0.2) is 36.4 Å². The fourth-order valence-corrected chi connectivity index (χ4v) is 1.99. The first kappa shape index (κ1) is 13.9. The van der Waals surface area contributed by atoms with Crippen LogP contribution < -0.4 is 11.1 Å². The van der Waals surface area contributed by atoms with Crippen LogP contribution in [-0.4, -0.2) is 5.91 Å². The molecule has 4 nitrogen and oxygen atoms in total. The lowest BCUT2D eigenvalue weighted by atomic mass is 10.1. The predicted octanol–water partition coefficient (Wildman–Crippen LogP) is 3.35. The van der Waals surface area contributed by atoms with E-state index in [1.165, 1.54) is 6.07 Å². The molecular formula is C15H12ClN3O. The number of benzene rings is 2. The molecule has 3 N–H and O–H groups in total. The summed E-state index contributed by atoms with van der Waals surface area (Å²) in [6.45, 7) is 1.82. The van der Waals surface area contributed by atoms with Crippen LogP contribution >= 0.6 is 11.6 Å². The van der Waals surface area contributed by atoms with Crippen LogP contribution in [0.2, 0.25) is 5.02 Å². The van der Waals surface area contributed by atoms with Crippen LogP contribution in [0.1, 0.15) is 21.5 Å². The Labute approximate surface area is 121 Å². The molecule has 0 fully saturated rings. The van der Waals surface area contributed by atoms with Gasteiger partial charge in [-0.25, -0.2) is 0 Å². The summed E-state index contributed by atoms with van der Waals surface area (Å²) < 4.78 is 0. The Hall–Kier alpha value is -2.51. The van der Waals surface area contributed by atoms with Crippen molar-refractivity contribution in [3.8, 4) is 6.07 Å². The average molecular weight is 286 g/mol. The molecule has 0 heterocycles. The molecular weight excluding hydrogens is 274 g/mol. The number of carbonyl (C=O) groups excluding carboxylic acids is 1. The van der Waals surface area contributed by atoms with E-state index in [2.05, 4.69) is 5.32 Å². The van der Waals surface area contributed by atoms with E-state index in [9.17, 15) is 4.79 Å². The minimum Gasteiger partial charge on any atom is -0.399 e. The number of anilines is 2. The second-order valence-corrected chi connectivity index (χ2v) is 4.69. The van der Waals surface area contributed by atoms with Gasteiger partial charge < -0.3 is 11.1 Å². The summed E-state index contributed by atoms with van der Waals surface area (Å²) >= 11 is 6.11. The van der Waals surface area contributed by atoms with Gasteiger partial charge in [-0.1, -0.05) is 23.7 Å². The topological polar surface area (TPSA) is 78.9 Å². The van der Waals surface area contributed by atoms with E-state index in [4.69, 9.17) is 22.6 Å². The Morgan fingerprint density at radius 2 is 2.10 bits per heavy atom. The summed E-state index contributed by atoms with van der Waals surface area (Å²) in [7, 11) is 0. The third kappa shape index (κ3) is 2.73. The standard InChI is InChI=1S/C15H12ClN3O/c1-9-3-2-4-12(14(9)16)15(20)19-13-6-5-11(18)7-10(13)8-17/h2-7H,18H2,1H3,(H,19,20). The summed E-state index contributed by atoms with van der Waals surface area (Å²) in [5, 5.41) is 12.1. The molecule has 0 bridgehead atoms. The van der Waals surface area contributed by atoms with Gasteiger partial charge in [0.05, 0.1) is 21.8 Å². The number of carbonyl (C=O) groups is 1. The molecule has 5 heteroatoms. The fourth-order valence-electron chi connectivity index (χ4n) is 1.78. The normalized spacial score (nSPS) is 9.85. The number of rotatable bonds is 2. The number of nitrogens with zero attached hydrogens (tertiary/aromatic N) is 1. The van der Waals surface area contributed by atoms with Gasteiger partial charge in [0.1, 0.15) is 6.07 Å². The van der Waals surface area contributed by atoms with Crippen molar-refractivity contribution in [3.63, 3.8) is 0 Å². The summed E-state index contributed by atoms with van der Waals surface area (Å²) in [5.41, 5.74) is 7.97. The number of hydrogen-bond acceptors (Lipinski definition) is 3. The highest BCUT2D eigenvalue weighted by atomic mass is 35.5. The second kappa shape index (κ2) is 5.64. The van der Waals surface area contributed by atoms with Gasteiger partial charge in [-0.05, 0) is 36.8 Å². The van der Waals surface area contributed by atoms with Crippen molar-refractivity contribution in [2.45, 2.75) is 6.92 Å². The number of nitrogens with two attached hydrogens (primary N) is 1. The fraction of sp³-hybridized carbons (Fsp3) is 0.0667. The van der Waals surface area contributed by atoms with Crippen LogP contribution in [0.5, 0.6) is 0 Å². The average Bonchev–Trinajstić information content (AvgIpc) is 2.43. The van der Waals surface area contributed by atoms with E-state index in [1.807, 2.05) is 19.1 Å². The van der Waals surface area contributed by atoms with Gasteiger partial charge in [0.15, 0.2) is 0 Å².